The van der Waals surface area contributed by atoms with E-state index < -0.39 is 30.1 Å². The Kier molecular flexibility index (Phi) is 5.12. The standard InChI is InChI=1S/C15H19BBr2O4/c1-14(2)15(3,4)22-16(21-14)11(8-13(19)20)10-7-9(17)5-6-12(10)18/h5-7,11H,8H2,1-4H3,(H,19,20). The Hall–Kier alpha value is -0.365. The molecule has 22 heavy (non-hydrogen) atoms. The number of halogens is 2. The Balaban J connectivity index is 2.40. The highest BCUT2D eigenvalue weighted by atomic mass is 79.9. The van der Waals surface area contributed by atoms with E-state index in [1.807, 2.05) is 45.9 Å². The molecule has 0 radical (unpaired) electrons. The van der Waals surface area contributed by atoms with Crippen molar-refractivity contribution in [3.63, 3.8) is 0 Å². The first kappa shape index (κ1) is 18.0. The first-order valence-corrected chi connectivity index (χ1v) is 8.64. The molecule has 1 aromatic rings. The molecule has 0 aromatic heterocycles. The van der Waals surface area contributed by atoms with E-state index in [2.05, 4.69) is 31.9 Å². The van der Waals surface area contributed by atoms with Gasteiger partial charge in [0.1, 0.15) is 0 Å². The Labute approximate surface area is 148 Å². The molecule has 0 saturated carbocycles. The zero-order valence-electron chi connectivity index (χ0n) is 13.0. The Morgan fingerprint density at radius 3 is 2.27 bits per heavy atom. The lowest BCUT2D eigenvalue weighted by Crippen LogP contribution is -2.41. The highest BCUT2D eigenvalue weighted by molar-refractivity contribution is 9.11. The van der Waals surface area contributed by atoms with Gasteiger partial charge in [-0.2, -0.15) is 0 Å². The van der Waals surface area contributed by atoms with Crippen molar-refractivity contribution in [3.8, 4) is 0 Å². The Bertz CT molecular complexity index is 573. The van der Waals surface area contributed by atoms with E-state index in [-0.39, 0.29) is 6.42 Å². The van der Waals surface area contributed by atoms with Gasteiger partial charge in [-0.1, -0.05) is 31.9 Å². The van der Waals surface area contributed by atoms with Gasteiger partial charge in [0.2, 0.25) is 0 Å². The zero-order valence-corrected chi connectivity index (χ0v) is 16.2. The molecular formula is C15H19BBr2O4. The fourth-order valence-corrected chi connectivity index (χ4v) is 3.31. The van der Waals surface area contributed by atoms with Gasteiger partial charge in [0.05, 0.1) is 17.6 Å². The third-order valence-electron chi connectivity index (χ3n) is 4.35. The summed E-state index contributed by atoms with van der Waals surface area (Å²) < 4.78 is 13.8. The Morgan fingerprint density at radius 2 is 1.77 bits per heavy atom. The second-order valence-corrected chi connectivity index (χ2v) is 8.26. The maximum Gasteiger partial charge on any atom is 0.466 e. The maximum absolute atomic E-state index is 11.3. The van der Waals surface area contributed by atoms with E-state index in [0.29, 0.717) is 0 Å². The summed E-state index contributed by atoms with van der Waals surface area (Å²) in [4.78, 5) is 11.3. The monoisotopic (exact) mass is 432 g/mol. The zero-order chi connectivity index (χ0) is 16.7. The van der Waals surface area contributed by atoms with Gasteiger partial charge in [-0.05, 0) is 51.5 Å². The molecule has 0 bridgehead atoms. The first-order valence-electron chi connectivity index (χ1n) is 7.06. The van der Waals surface area contributed by atoms with Crippen molar-refractivity contribution in [2.24, 2.45) is 0 Å². The van der Waals surface area contributed by atoms with E-state index in [4.69, 9.17) is 9.31 Å². The molecule has 1 heterocycles. The van der Waals surface area contributed by atoms with Crippen LogP contribution in [0, 0.1) is 0 Å². The minimum atomic E-state index is -0.883. The van der Waals surface area contributed by atoms with Crippen molar-refractivity contribution in [3.05, 3.63) is 32.7 Å². The molecule has 0 amide bonds. The van der Waals surface area contributed by atoms with Crippen LogP contribution in [0.1, 0.15) is 45.5 Å². The molecule has 120 valence electrons. The van der Waals surface area contributed by atoms with Crippen LogP contribution in [0.2, 0.25) is 0 Å². The number of aliphatic carboxylic acids is 1. The predicted octanol–water partition coefficient (Wildman–Crippen LogP) is 4.40. The van der Waals surface area contributed by atoms with Crippen LogP contribution >= 0.6 is 31.9 Å². The van der Waals surface area contributed by atoms with E-state index in [1.54, 1.807) is 0 Å². The average Bonchev–Trinajstić information content (AvgIpc) is 2.58. The van der Waals surface area contributed by atoms with E-state index in [1.165, 1.54) is 0 Å². The summed E-state index contributed by atoms with van der Waals surface area (Å²) in [6.07, 6.45) is -0.0636. The minimum Gasteiger partial charge on any atom is -0.481 e. The van der Waals surface area contributed by atoms with Gasteiger partial charge >= 0.3 is 13.1 Å². The van der Waals surface area contributed by atoms with Gasteiger partial charge in [0.15, 0.2) is 0 Å². The van der Waals surface area contributed by atoms with E-state index in [9.17, 15) is 9.90 Å². The van der Waals surface area contributed by atoms with Gasteiger partial charge in [0.25, 0.3) is 0 Å². The Morgan fingerprint density at radius 1 is 1.23 bits per heavy atom. The molecule has 1 saturated heterocycles. The highest BCUT2D eigenvalue weighted by Gasteiger charge is 2.54. The molecule has 1 aliphatic heterocycles. The third-order valence-corrected chi connectivity index (χ3v) is 5.57. The number of hydrogen-bond donors (Lipinski definition) is 1. The highest BCUT2D eigenvalue weighted by Crippen LogP contribution is 2.43. The molecule has 1 N–H and O–H groups in total. The van der Waals surface area contributed by atoms with Gasteiger partial charge in [-0.15, -0.1) is 0 Å². The van der Waals surface area contributed by atoms with E-state index in [0.717, 1.165) is 14.5 Å². The van der Waals surface area contributed by atoms with Crippen LogP contribution in [-0.2, 0) is 14.1 Å². The molecule has 0 spiro atoms. The van der Waals surface area contributed by atoms with Crippen LogP contribution in [0.25, 0.3) is 0 Å². The normalized spacial score (nSPS) is 20.9. The van der Waals surface area contributed by atoms with Crippen LogP contribution in [0.5, 0.6) is 0 Å². The summed E-state index contributed by atoms with van der Waals surface area (Å²) >= 11 is 6.93. The first-order chi connectivity index (χ1) is 10.0. The van der Waals surface area contributed by atoms with Crippen LogP contribution in [0.4, 0.5) is 0 Å². The summed E-state index contributed by atoms with van der Waals surface area (Å²) in [6.45, 7) is 7.84. The van der Waals surface area contributed by atoms with Crippen LogP contribution in [0.3, 0.4) is 0 Å². The van der Waals surface area contributed by atoms with Gasteiger partial charge in [0, 0.05) is 14.8 Å². The smallest absolute Gasteiger partial charge is 0.466 e. The van der Waals surface area contributed by atoms with Crippen molar-refractivity contribution in [1.82, 2.24) is 0 Å². The third kappa shape index (κ3) is 3.58. The molecule has 1 aromatic carbocycles. The SMILES string of the molecule is CC1(C)OB(C(CC(=O)O)c2cc(Br)ccc2Br)OC1(C)C. The topological polar surface area (TPSA) is 55.8 Å². The van der Waals surface area contributed by atoms with Gasteiger partial charge in [-0.3, -0.25) is 4.79 Å². The number of hydrogen-bond acceptors (Lipinski definition) is 3. The van der Waals surface area contributed by atoms with Gasteiger partial charge < -0.3 is 14.4 Å². The fourth-order valence-electron chi connectivity index (χ4n) is 2.39. The quantitative estimate of drug-likeness (QED) is 0.715. The van der Waals surface area contributed by atoms with Crippen LogP contribution in [-0.4, -0.2) is 29.4 Å². The van der Waals surface area contributed by atoms with Gasteiger partial charge in [-0.25, -0.2) is 0 Å². The molecule has 7 heteroatoms. The molecular weight excluding hydrogens is 415 g/mol. The molecule has 1 unspecified atom stereocenters. The number of carboxylic acid groups (broad SMARTS) is 1. The molecule has 1 atom stereocenters. The average molecular weight is 434 g/mol. The lowest BCUT2D eigenvalue weighted by Gasteiger charge is -2.32. The maximum atomic E-state index is 11.3. The van der Waals surface area contributed by atoms with Crippen molar-refractivity contribution in [2.45, 2.75) is 51.1 Å². The summed E-state index contributed by atoms with van der Waals surface area (Å²) in [5, 5.41) is 9.29. The van der Waals surface area contributed by atoms with Crippen molar-refractivity contribution in [1.29, 1.82) is 0 Å². The molecule has 2 rings (SSSR count). The van der Waals surface area contributed by atoms with Crippen molar-refractivity contribution in [2.75, 3.05) is 0 Å². The molecule has 4 nitrogen and oxygen atoms in total. The molecule has 0 aliphatic carbocycles. The fraction of sp³-hybridized carbons (Fsp3) is 0.533. The number of benzene rings is 1. The van der Waals surface area contributed by atoms with Crippen molar-refractivity contribution < 1.29 is 19.2 Å². The second kappa shape index (κ2) is 6.26. The largest absolute Gasteiger partial charge is 0.481 e. The second-order valence-electron chi connectivity index (χ2n) is 6.49. The summed E-state index contributed by atoms with van der Waals surface area (Å²) in [5.74, 6) is -1.28. The van der Waals surface area contributed by atoms with Crippen LogP contribution < -0.4 is 0 Å². The van der Waals surface area contributed by atoms with Crippen molar-refractivity contribution >= 4 is 44.9 Å². The number of carbonyl (C=O) groups is 1. The number of carboxylic acids is 1. The number of rotatable bonds is 4. The summed E-state index contributed by atoms with van der Waals surface area (Å²) in [7, 11) is -0.605. The lowest BCUT2D eigenvalue weighted by molar-refractivity contribution is -0.137. The van der Waals surface area contributed by atoms with Crippen LogP contribution in [0.15, 0.2) is 27.1 Å². The molecule has 1 fully saturated rings. The lowest BCUT2D eigenvalue weighted by atomic mass is 9.66. The minimum absolute atomic E-state index is 0.0636. The summed E-state index contributed by atoms with van der Waals surface area (Å²) in [6, 6.07) is 5.69. The predicted molar refractivity (Wildman–Crippen MR) is 92.9 cm³/mol. The molecule has 1 aliphatic rings. The summed E-state index contributed by atoms with van der Waals surface area (Å²) in [5.41, 5.74) is -0.130. The van der Waals surface area contributed by atoms with E-state index >= 15 is 0 Å².